The van der Waals surface area contributed by atoms with Crippen LogP contribution < -0.4 is 10.1 Å². The van der Waals surface area contributed by atoms with E-state index in [1.165, 1.54) is 0 Å². The van der Waals surface area contributed by atoms with E-state index in [-0.39, 0.29) is 18.4 Å². The van der Waals surface area contributed by atoms with Crippen molar-refractivity contribution in [1.82, 2.24) is 10.2 Å². The van der Waals surface area contributed by atoms with Crippen LogP contribution in [0.1, 0.15) is 38.3 Å². The van der Waals surface area contributed by atoms with Crippen molar-refractivity contribution in [3.05, 3.63) is 64.7 Å². The maximum atomic E-state index is 13.1. The number of carbonyl (C=O) groups excluding carboxylic acids is 2. The summed E-state index contributed by atoms with van der Waals surface area (Å²) in [4.78, 5) is 27.6. The number of carbonyl (C=O) groups is 2. The minimum absolute atomic E-state index is 0.125. The maximum Gasteiger partial charge on any atom is 0.261 e. The summed E-state index contributed by atoms with van der Waals surface area (Å²) < 4.78 is 5.73. The molecule has 6 heteroatoms. The van der Waals surface area contributed by atoms with E-state index in [1.807, 2.05) is 58.0 Å². The first-order chi connectivity index (χ1) is 14.8. The van der Waals surface area contributed by atoms with Gasteiger partial charge in [0.05, 0.1) is 0 Å². The lowest BCUT2D eigenvalue weighted by Crippen LogP contribution is -2.51. The van der Waals surface area contributed by atoms with Crippen LogP contribution in [-0.2, 0) is 16.0 Å². The minimum Gasteiger partial charge on any atom is -0.484 e. The molecule has 0 radical (unpaired) electrons. The first-order valence-electron chi connectivity index (χ1n) is 10.8. The molecule has 0 aliphatic rings. The summed E-state index contributed by atoms with van der Waals surface area (Å²) in [5.41, 5.74) is 2.00. The summed E-state index contributed by atoms with van der Waals surface area (Å²) in [6, 6.07) is 14.7. The number of rotatable bonds is 11. The Morgan fingerprint density at radius 1 is 1.13 bits per heavy atom. The number of nitrogens with one attached hydrogen (secondary N) is 1. The summed E-state index contributed by atoms with van der Waals surface area (Å²) in [6.07, 6.45) is 1.20. The van der Waals surface area contributed by atoms with E-state index in [0.29, 0.717) is 42.6 Å². The van der Waals surface area contributed by atoms with Gasteiger partial charge in [0, 0.05) is 18.1 Å². The fourth-order valence-electron chi connectivity index (χ4n) is 3.25. The third kappa shape index (κ3) is 7.91. The van der Waals surface area contributed by atoms with Crippen molar-refractivity contribution >= 4 is 23.4 Å². The first-order valence-corrected chi connectivity index (χ1v) is 11.2. The summed E-state index contributed by atoms with van der Waals surface area (Å²) in [5, 5.41) is 3.61. The molecule has 0 aliphatic carbocycles. The predicted molar refractivity (Wildman–Crippen MR) is 125 cm³/mol. The molecule has 0 heterocycles. The lowest BCUT2D eigenvalue weighted by Gasteiger charge is -2.30. The lowest BCUT2D eigenvalue weighted by atomic mass is 10.1. The van der Waals surface area contributed by atoms with Crippen LogP contribution in [0.3, 0.4) is 0 Å². The Morgan fingerprint density at radius 2 is 1.84 bits per heavy atom. The van der Waals surface area contributed by atoms with Crippen molar-refractivity contribution in [2.24, 2.45) is 5.92 Å². The van der Waals surface area contributed by atoms with Gasteiger partial charge in [-0.2, -0.15) is 0 Å². The molecule has 2 amide bonds. The Balaban J connectivity index is 2.12. The summed E-state index contributed by atoms with van der Waals surface area (Å²) in [7, 11) is 0. The van der Waals surface area contributed by atoms with Crippen LogP contribution in [0.15, 0.2) is 48.5 Å². The normalized spacial score (nSPS) is 11.8. The molecule has 2 aromatic rings. The van der Waals surface area contributed by atoms with Crippen molar-refractivity contribution in [1.29, 1.82) is 0 Å². The standard InChI is InChI=1S/C25H33ClN2O3/c1-5-23(25(30)27-16-18(2)3)28(14-13-20-9-7-6-8-10-20)24(29)17-31-21-11-12-22(26)19(4)15-21/h6-12,15,18,23H,5,13-14,16-17H2,1-4H3,(H,27,30). The van der Waals surface area contributed by atoms with Gasteiger partial charge in [0.25, 0.3) is 5.91 Å². The van der Waals surface area contributed by atoms with Crippen LogP contribution in [0.4, 0.5) is 0 Å². The number of hydrogen-bond donors (Lipinski definition) is 1. The molecule has 0 aromatic heterocycles. The first kappa shape index (κ1) is 24.7. The maximum absolute atomic E-state index is 13.1. The van der Waals surface area contributed by atoms with E-state index < -0.39 is 6.04 Å². The number of aryl methyl sites for hydroxylation is 1. The van der Waals surface area contributed by atoms with Crippen molar-refractivity contribution in [3.63, 3.8) is 0 Å². The number of benzene rings is 2. The second-order valence-corrected chi connectivity index (χ2v) is 8.49. The van der Waals surface area contributed by atoms with E-state index in [2.05, 4.69) is 5.32 Å². The Labute approximate surface area is 190 Å². The molecule has 0 saturated carbocycles. The van der Waals surface area contributed by atoms with Crippen LogP contribution in [0.5, 0.6) is 5.75 Å². The van der Waals surface area contributed by atoms with E-state index >= 15 is 0 Å². The van der Waals surface area contributed by atoms with Gasteiger partial charge >= 0.3 is 0 Å². The van der Waals surface area contributed by atoms with Crippen LogP contribution in [0.25, 0.3) is 0 Å². The molecule has 5 nitrogen and oxygen atoms in total. The van der Waals surface area contributed by atoms with E-state index in [0.717, 1.165) is 11.1 Å². The molecular formula is C25H33ClN2O3. The number of nitrogens with zero attached hydrogens (tertiary/aromatic N) is 1. The molecule has 31 heavy (non-hydrogen) atoms. The highest BCUT2D eigenvalue weighted by Crippen LogP contribution is 2.21. The highest BCUT2D eigenvalue weighted by Gasteiger charge is 2.28. The number of hydrogen-bond acceptors (Lipinski definition) is 3. The molecule has 168 valence electrons. The Bertz CT molecular complexity index is 855. The fraction of sp³-hybridized carbons (Fsp3) is 0.440. The van der Waals surface area contributed by atoms with E-state index in [9.17, 15) is 9.59 Å². The van der Waals surface area contributed by atoms with Gasteiger partial charge in [-0.05, 0) is 55.0 Å². The number of halogens is 1. The lowest BCUT2D eigenvalue weighted by molar-refractivity contribution is -0.142. The van der Waals surface area contributed by atoms with Gasteiger partial charge in [0.2, 0.25) is 5.91 Å². The SMILES string of the molecule is CCC(C(=O)NCC(C)C)N(CCc1ccccc1)C(=O)COc1ccc(Cl)c(C)c1. The predicted octanol–water partition coefficient (Wildman–Crippen LogP) is 4.65. The smallest absolute Gasteiger partial charge is 0.261 e. The summed E-state index contributed by atoms with van der Waals surface area (Å²) in [5.74, 6) is 0.581. The zero-order chi connectivity index (χ0) is 22.8. The van der Waals surface area contributed by atoms with Crippen molar-refractivity contribution < 1.29 is 14.3 Å². The average Bonchev–Trinajstić information content (AvgIpc) is 2.76. The van der Waals surface area contributed by atoms with Crippen LogP contribution in [-0.4, -0.2) is 42.5 Å². The van der Waals surface area contributed by atoms with Crippen molar-refractivity contribution in [3.8, 4) is 5.75 Å². The third-order valence-corrected chi connectivity index (χ3v) is 5.47. The molecule has 1 N–H and O–H groups in total. The molecule has 0 fully saturated rings. The second kappa shape index (κ2) is 12.4. The van der Waals surface area contributed by atoms with Gasteiger partial charge in [0.15, 0.2) is 6.61 Å². The number of ether oxygens (including phenoxy) is 1. The third-order valence-electron chi connectivity index (χ3n) is 5.05. The highest BCUT2D eigenvalue weighted by atomic mass is 35.5. The zero-order valence-corrected chi connectivity index (χ0v) is 19.6. The van der Waals surface area contributed by atoms with Gasteiger partial charge < -0.3 is 15.0 Å². The molecule has 1 unspecified atom stereocenters. The van der Waals surface area contributed by atoms with Crippen LogP contribution in [0, 0.1) is 12.8 Å². The van der Waals surface area contributed by atoms with Gasteiger partial charge in [0.1, 0.15) is 11.8 Å². The zero-order valence-electron chi connectivity index (χ0n) is 18.9. The van der Waals surface area contributed by atoms with Crippen LogP contribution in [0.2, 0.25) is 5.02 Å². The molecule has 2 rings (SSSR count). The van der Waals surface area contributed by atoms with E-state index in [4.69, 9.17) is 16.3 Å². The highest BCUT2D eigenvalue weighted by molar-refractivity contribution is 6.31. The van der Waals surface area contributed by atoms with Crippen LogP contribution >= 0.6 is 11.6 Å². The molecule has 0 saturated heterocycles. The van der Waals surface area contributed by atoms with Crippen molar-refractivity contribution in [2.45, 2.75) is 46.6 Å². The number of amides is 2. The summed E-state index contributed by atoms with van der Waals surface area (Å²) in [6.45, 7) is 8.78. The van der Waals surface area contributed by atoms with Crippen molar-refractivity contribution in [2.75, 3.05) is 19.7 Å². The largest absolute Gasteiger partial charge is 0.484 e. The molecule has 0 bridgehead atoms. The molecular weight excluding hydrogens is 412 g/mol. The summed E-state index contributed by atoms with van der Waals surface area (Å²) >= 11 is 6.07. The Hall–Kier alpha value is -2.53. The van der Waals surface area contributed by atoms with E-state index in [1.54, 1.807) is 23.1 Å². The van der Waals surface area contributed by atoms with Gasteiger partial charge in [-0.25, -0.2) is 0 Å². The Kier molecular flexibility index (Phi) is 9.86. The topological polar surface area (TPSA) is 58.6 Å². The molecule has 0 aliphatic heterocycles. The quantitative estimate of drug-likeness (QED) is 0.548. The van der Waals surface area contributed by atoms with Gasteiger partial charge in [-0.15, -0.1) is 0 Å². The van der Waals surface area contributed by atoms with Gasteiger partial charge in [-0.3, -0.25) is 9.59 Å². The molecule has 2 aromatic carbocycles. The fourth-order valence-corrected chi connectivity index (χ4v) is 3.37. The van der Waals surface area contributed by atoms with Gasteiger partial charge in [-0.1, -0.05) is 62.7 Å². The second-order valence-electron chi connectivity index (χ2n) is 8.09. The minimum atomic E-state index is -0.537. The average molecular weight is 445 g/mol. The monoisotopic (exact) mass is 444 g/mol. The molecule has 1 atom stereocenters. The Morgan fingerprint density at radius 3 is 2.45 bits per heavy atom. The molecule has 0 spiro atoms.